The Balaban J connectivity index is 2.95. The second-order valence-electron chi connectivity index (χ2n) is 4.42. The highest BCUT2D eigenvalue weighted by molar-refractivity contribution is 14.1. The number of carbonyl (C=O) groups is 1. The molecule has 20 heavy (non-hydrogen) atoms. The van der Waals surface area contributed by atoms with E-state index in [-0.39, 0.29) is 6.54 Å². The van der Waals surface area contributed by atoms with Crippen molar-refractivity contribution in [2.45, 2.75) is 19.9 Å². The Kier molecular flexibility index (Phi) is 7.08. The number of carboxylic acid groups (broad SMARTS) is 1. The zero-order valence-corrected chi connectivity index (χ0v) is 14.1. The summed E-state index contributed by atoms with van der Waals surface area (Å²) in [6.45, 7) is 3.40. The Labute approximate surface area is 133 Å². The van der Waals surface area contributed by atoms with Crippen molar-refractivity contribution < 1.29 is 19.4 Å². The van der Waals surface area contributed by atoms with E-state index in [1.165, 1.54) is 0 Å². The minimum absolute atomic E-state index is 0.0404. The average Bonchev–Trinajstić information content (AvgIpc) is 2.37. The summed E-state index contributed by atoms with van der Waals surface area (Å²) in [4.78, 5) is 12.8. The maximum Gasteiger partial charge on any atom is 0.317 e. The van der Waals surface area contributed by atoms with Crippen LogP contribution in [0, 0.1) is 3.57 Å². The third-order valence-corrected chi connectivity index (χ3v) is 3.60. The van der Waals surface area contributed by atoms with Crippen LogP contribution in [0.2, 0.25) is 0 Å². The summed E-state index contributed by atoms with van der Waals surface area (Å²) in [6, 6.07) is 3.89. The third-order valence-electron chi connectivity index (χ3n) is 2.80. The van der Waals surface area contributed by atoms with Gasteiger partial charge >= 0.3 is 5.97 Å². The smallest absolute Gasteiger partial charge is 0.317 e. The molecule has 0 heterocycles. The average molecular weight is 393 g/mol. The van der Waals surface area contributed by atoms with E-state index in [0.29, 0.717) is 18.0 Å². The van der Waals surface area contributed by atoms with Gasteiger partial charge in [0.25, 0.3) is 0 Å². The van der Waals surface area contributed by atoms with Gasteiger partial charge in [-0.05, 0) is 53.3 Å². The van der Waals surface area contributed by atoms with Crippen molar-refractivity contribution in [3.8, 4) is 11.5 Å². The molecule has 112 valence electrons. The van der Waals surface area contributed by atoms with E-state index in [9.17, 15) is 4.79 Å². The maximum atomic E-state index is 10.9. The monoisotopic (exact) mass is 393 g/mol. The number of methoxy groups -OCH3 is 2. The quantitative estimate of drug-likeness (QED) is 0.689. The first kappa shape index (κ1) is 17.0. The van der Waals surface area contributed by atoms with Gasteiger partial charge in [0.05, 0.1) is 24.3 Å². The second-order valence-corrected chi connectivity index (χ2v) is 5.58. The van der Waals surface area contributed by atoms with E-state index in [1.807, 2.05) is 24.0 Å². The third kappa shape index (κ3) is 4.82. The standard InChI is InChI=1S/C14H20INO4/c1-4-5-16(9-13(17)18)8-10-6-11(15)14(20-3)12(7-10)19-2/h6-7H,4-5,8-9H2,1-3H3,(H,17,18). The molecule has 0 amide bonds. The zero-order valence-electron chi connectivity index (χ0n) is 12.0. The lowest BCUT2D eigenvalue weighted by Crippen LogP contribution is -2.30. The fourth-order valence-electron chi connectivity index (χ4n) is 2.04. The van der Waals surface area contributed by atoms with Gasteiger partial charge in [0.15, 0.2) is 11.5 Å². The lowest BCUT2D eigenvalue weighted by atomic mass is 10.2. The number of hydrogen-bond donors (Lipinski definition) is 1. The van der Waals surface area contributed by atoms with Crippen molar-refractivity contribution in [2.75, 3.05) is 27.3 Å². The fourth-order valence-corrected chi connectivity index (χ4v) is 2.93. The second kappa shape index (κ2) is 8.31. The number of nitrogens with zero attached hydrogens (tertiary/aromatic N) is 1. The molecule has 0 aliphatic carbocycles. The van der Waals surface area contributed by atoms with Gasteiger partial charge < -0.3 is 14.6 Å². The van der Waals surface area contributed by atoms with Crippen molar-refractivity contribution in [3.05, 3.63) is 21.3 Å². The van der Waals surface area contributed by atoms with Gasteiger partial charge in [0.1, 0.15) is 0 Å². The molecule has 0 bridgehead atoms. The summed E-state index contributed by atoms with van der Waals surface area (Å²) >= 11 is 2.19. The predicted molar refractivity (Wildman–Crippen MR) is 85.5 cm³/mol. The normalized spacial score (nSPS) is 10.7. The summed E-state index contributed by atoms with van der Waals surface area (Å²) in [5.41, 5.74) is 1.02. The number of aliphatic carboxylic acids is 1. The van der Waals surface area contributed by atoms with Gasteiger partial charge in [-0.3, -0.25) is 9.69 Å². The molecule has 1 aromatic rings. The van der Waals surface area contributed by atoms with Crippen LogP contribution >= 0.6 is 22.6 Å². The molecule has 0 aliphatic rings. The van der Waals surface area contributed by atoms with Crippen molar-refractivity contribution in [2.24, 2.45) is 0 Å². The molecule has 0 radical (unpaired) electrons. The summed E-state index contributed by atoms with van der Waals surface area (Å²) in [5.74, 6) is 0.562. The molecule has 0 aliphatic heterocycles. The molecule has 0 aromatic heterocycles. The Bertz CT molecular complexity index is 465. The first-order valence-corrected chi connectivity index (χ1v) is 7.44. The van der Waals surface area contributed by atoms with Crippen LogP contribution in [0.15, 0.2) is 12.1 Å². The summed E-state index contributed by atoms with van der Waals surface area (Å²) in [5, 5.41) is 8.94. The Morgan fingerprint density at radius 1 is 1.35 bits per heavy atom. The summed E-state index contributed by atoms with van der Waals surface area (Å²) in [7, 11) is 3.20. The number of ether oxygens (including phenoxy) is 2. The maximum absolute atomic E-state index is 10.9. The van der Waals surface area contributed by atoms with Gasteiger partial charge in [-0.1, -0.05) is 6.92 Å². The van der Waals surface area contributed by atoms with E-state index in [0.717, 1.165) is 22.1 Å². The van der Waals surface area contributed by atoms with Gasteiger partial charge in [0, 0.05) is 6.54 Å². The fraction of sp³-hybridized carbons (Fsp3) is 0.500. The first-order chi connectivity index (χ1) is 9.51. The van der Waals surface area contributed by atoms with Crippen LogP contribution in [0.5, 0.6) is 11.5 Å². The van der Waals surface area contributed by atoms with Crippen LogP contribution in [-0.2, 0) is 11.3 Å². The molecule has 0 unspecified atom stereocenters. The number of carboxylic acids is 1. The lowest BCUT2D eigenvalue weighted by Gasteiger charge is -2.20. The first-order valence-electron chi connectivity index (χ1n) is 6.36. The highest BCUT2D eigenvalue weighted by atomic mass is 127. The van der Waals surface area contributed by atoms with Crippen LogP contribution in [-0.4, -0.2) is 43.3 Å². The molecule has 0 atom stereocenters. The molecule has 0 spiro atoms. The van der Waals surface area contributed by atoms with Gasteiger partial charge in [-0.2, -0.15) is 0 Å². The van der Waals surface area contributed by atoms with E-state index in [1.54, 1.807) is 14.2 Å². The molecular weight excluding hydrogens is 373 g/mol. The zero-order chi connectivity index (χ0) is 15.1. The molecule has 0 fully saturated rings. The van der Waals surface area contributed by atoms with Gasteiger partial charge in [0.2, 0.25) is 0 Å². The number of rotatable bonds is 8. The summed E-state index contributed by atoms with van der Waals surface area (Å²) < 4.78 is 11.6. The predicted octanol–water partition coefficient (Wildman–Crippen LogP) is 2.61. The van der Waals surface area contributed by atoms with Gasteiger partial charge in [-0.15, -0.1) is 0 Å². The molecule has 0 saturated heterocycles. The Morgan fingerprint density at radius 2 is 2.05 bits per heavy atom. The molecular formula is C14H20INO4. The highest BCUT2D eigenvalue weighted by Crippen LogP contribution is 2.33. The Morgan fingerprint density at radius 3 is 2.55 bits per heavy atom. The highest BCUT2D eigenvalue weighted by Gasteiger charge is 2.14. The van der Waals surface area contributed by atoms with E-state index >= 15 is 0 Å². The molecule has 1 aromatic carbocycles. The van der Waals surface area contributed by atoms with Crippen LogP contribution in [0.4, 0.5) is 0 Å². The van der Waals surface area contributed by atoms with E-state index in [2.05, 4.69) is 22.6 Å². The Hall–Kier alpha value is -1.02. The van der Waals surface area contributed by atoms with E-state index < -0.39 is 5.97 Å². The van der Waals surface area contributed by atoms with E-state index in [4.69, 9.17) is 14.6 Å². The van der Waals surface area contributed by atoms with Crippen molar-refractivity contribution in [3.63, 3.8) is 0 Å². The van der Waals surface area contributed by atoms with Crippen LogP contribution in [0.25, 0.3) is 0 Å². The largest absolute Gasteiger partial charge is 0.493 e. The number of benzene rings is 1. The van der Waals surface area contributed by atoms with Crippen LogP contribution in [0.1, 0.15) is 18.9 Å². The molecule has 1 rings (SSSR count). The molecule has 6 heteroatoms. The van der Waals surface area contributed by atoms with Crippen LogP contribution in [0.3, 0.4) is 0 Å². The van der Waals surface area contributed by atoms with Crippen molar-refractivity contribution in [1.29, 1.82) is 0 Å². The van der Waals surface area contributed by atoms with Crippen LogP contribution < -0.4 is 9.47 Å². The molecule has 0 saturated carbocycles. The molecule has 5 nitrogen and oxygen atoms in total. The topological polar surface area (TPSA) is 59.0 Å². The SMILES string of the molecule is CCCN(CC(=O)O)Cc1cc(I)c(OC)c(OC)c1. The van der Waals surface area contributed by atoms with Crippen molar-refractivity contribution >= 4 is 28.6 Å². The summed E-state index contributed by atoms with van der Waals surface area (Å²) in [6.07, 6.45) is 0.914. The number of hydrogen-bond acceptors (Lipinski definition) is 4. The number of halogens is 1. The molecule has 1 N–H and O–H groups in total. The lowest BCUT2D eigenvalue weighted by molar-refractivity contribution is -0.138. The minimum atomic E-state index is -0.811. The van der Waals surface area contributed by atoms with Gasteiger partial charge in [-0.25, -0.2) is 0 Å². The minimum Gasteiger partial charge on any atom is -0.493 e. The van der Waals surface area contributed by atoms with Crippen molar-refractivity contribution in [1.82, 2.24) is 4.90 Å².